The summed E-state index contributed by atoms with van der Waals surface area (Å²) in [5.74, 6) is 0. The fraction of sp³-hybridized carbons (Fsp3) is 0.533. The molecular weight excluding hydrogens is 412 g/mol. The first-order valence-electron chi connectivity index (χ1n) is 7.76. The number of nitrogens with zero attached hydrogens (tertiary/aromatic N) is 4. The highest BCUT2D eigenvalue weighted by Gasteiger charge is 2.30. The molecule has 0 aromatic carbocycles. The smallest absolute Gasteiger partial charge is 0.252 e. The van der Waals surface area contributed by atoms with Crippen LogP contribution < -0.4 is 0 Å². The molecule has 3 heterocycles. The molecule has 0 spiro atoms. The van der Waals surface area contributed by atoms with E-state index in [1.54, 1.807) is 16.4 Å². The van der Waals surface area contributed by atoms with Gasteiger partial charge in [-0.25, -0.2) is 8.42 Å². The van der Waals surface area contributed by atoms with Crippen molar-refractivity contribution in [3.05, 3.63) is 32.9 Å². The van der Waals surface area contributed by atoms with E-state index in [0.717, 1.165) is 29.1 Å². The molecule has 3 rings (SSSR count). The predicted molar refractivity (Wildman–Crippen MR) is 98.7 cm³/mol. The molecule has 0 unspecified atom stereocenters. The first-order valence-corrected chi connectivity index (χ1v) is 10.8. The van der Waals surface area contributed by atoms with Crippen LogP contribution in [-0.2, 0) is 23.6 Å². The van der Waals surface area contributed by atoms with Gasteiger partial charge in [-0.1, -0.05) is 0 Å². The van der Waals surface area contributed by atoms with E-state index < -0.39 is 10.0 Å². The highest BCUT2D eigenvalue weighted by molar-refractivity contribution is 9.11. The molecular formula is C15H21BrN4O2S2. The largest absolute Gasteiger partial charge is 0.296 e. The third-order valence-corrected chi connectivity index (χ3v) is 8.50. The van der Waals surface area contributed by atoms with Crippen molar-refractivity contribution >= 4 is 37.3 Å². The van der Waals surface area contributed by atoms with Crippen molar-refractivity contribution in [2.75, 3.05) is 26.2 Å². The van der Waals surface area contributed by atoms with Gasteiger partial charge in [0, 0.05) is 51.0 Å². The molecule has 1 saturated heterocycles. The molecule has 0 saturated carbocycles. The van der Waals surface area contributed by atoms with Crippen molar-refractivity contribution < 1.29 is 8.42 Å². The number of thiophene rings is 1. The summed E-state index contributed by atoms with van der Waals surface area (Å²) in [6.07, 6.45) is 0. The van der Waals surface area contributed by atoms with E-state index in [4.69, 9.17) is 0 Å². The van der Waals surface area contributed by atoms with Crippen molar-refractivity contribution in [3.63, 3.8) is 0 Å². The molecule has 1 fully saturated rings. The lowest BCUT2D eigenvalue weighted by Gasteiger charge is -2.33. The van der Waals surface area contributed by atoms with Gasteiger partial charge in [-0.15, -0.1) is 11.3 Å². The van der Waals surface area contributed by atoms with Gasteiger partial charge in [-0.3, -0.25) is 9.58 Å². The molecule has 1 aliphatic rings. The molecule has 1 aliphatic heterocycles. The van der Waals surface area contributed by atoms with Crippen molar-refractivity contribution in [1.29, 1.82) is 0 Å². The van der Waals surface area contributed by atoms with E-state index >= 15 is 0 Å². The summed E-state index contributed by atoms with van der Waals surface area (Å²) in [5.41, 5.74) is 3.47. The third-order valence-electron chi connectivity index (χ3n) is 4.51. The Morgan fingerprint density at radius 1 is 1.21 bits per heavy atom. The van der Waals surface area contributed by atoms with Crippen molar-refractivity contribution in [3.8, 4) is 0 Å². The minimum atomic E-state index is -3.37. The maximum Gasteiger partial charge on any atom is 0.252 e. The number of hydrogen-bond donors (Lipinski definition) is 0. The van der Waals surface area contributed by atoms with Crippen molar-refractivity contribution in [2.45, 2.75) is 24.6 Å². The summed E-state index contributed by atoms with van der Waals surface area (Å²) >= 11 is 4.59. The Morgan fingerprint density at radius 2 is 1.88 bits per heavy atom. The lowest BCUT2D eigenvalue weighted by atomic mass is 10.1. The minimum absolute atomic E-state index is 0.404. The summed E-state index contributed by atoms with van der Waals surface area (Å²) in [7, 11) is -1.42. The summed E-state index contributed by atoms with van der Waals surface area (Å²) in [6, 6.07) is 3.45. The fourth-order valence-electron chi connectivity index (χ4n) is 2.96. The number of aromatic nitrogens is 2. The van der Waals surface area contributed by atoms with E-state index in [-0.39, 0.29) is 0 Å². The van der Waals surface area contributed by atoms with E-state index in [9.17, 15) is 8.42 Å². The number of hydrogen-bond acceptors (Lipinski definition) is 5. The maximum atomic E-state index is 12.7. The van der Waals surface area contributed by atoms with Crippen LogP contribution in [-0.4, -0.2) is 53.6 Å². The molecule has 0 aliphatic carbocycles. The third kappa shape index (κ3) is 3.45. The maximum absolute atomic E-state index is 12.7. The predicted octanol–water partition coefficient (Wildman–Crippen LogP) is 2.37. The Bertz CT molecular complexity index is 836. The monoisotopic (exact) mass is 432 g/mol. The second kappa shape index (κ2) is 6.87. The molecule has 0 bridgehead atoms. The zero-order chi connectivity index (χ0) is 17.5. The first-order chi connectivity index (χ1) is 11.3. The highest BCUT2D eigenvalue weighted by Crippen LogP contribution is 2.29. The van der Waals surface area contributed by atoms with E-state index in [1.807, 2.05) is 18.7 Å². The zero-order valence-corrected chi connectivity index (χ0v) is 17.2. The van der Waals surface area contributed by atoms with Crippen molar-refractivity contribution in [2.24, 2.45) is 7.05 Å². The molecule has 24 heavy (non-hydrogen) atoms. The van der Waals surface area contributed by atoms with Gasteiger partial charge in [0.2, 0.25) is 0 Å². The Morgan fingerprint density at radius 3 is 2.38 bits per heavy atom. The molecule has 0 amide bonds. The number of sulfonamides is 1. The Kier molecular flexibility index (Phi) is 5.17. The highest BCUT2D eigenvalue weighted by atomic mass is 79.9. The van der Waals surface area contributed by atoms with E-state index in [1.165, 1.54) is 22.6 Å². The summed E-state index contributed by atoms with van der Waals surface area (Å²) in [6.45, 7) is 7.44. The van der Waals surface area contributed by atoms with Crippen LogP contribution in [0, 0.1) is 13.8 Å². The molecule has 2 aromatic rings. The van der Waals surface area contributed by atoms with Crippen LogP contribution in [0.4, 0.5) is 0 Å². The Balaban J connectivity index is 1.66. The van der Waals surface area contributed by atoms with E-state index in [0.29, 0.717) is 17.3 Å². The number of piperazine rings is 1. The topological polar surface area (TPSA) is 58.4 Å². The second-order valence-electron chi connectivity index (χ2n) is 6.01. The van der Waals surface area contributed by atoms with Gasteiger partial charge in [-0.05, 0) is 41.9 Å². The summed E-state index contributed by atoms with van der Waals surface area (Å²) < 4.78 is 30.1. The number of aryl methyl sites for hydroxylation is 2. The van der Waals surface area contributed by atoms with Gasteiger partial charge in [-0.2, -0.15) is 9.40 Å². The van der Waals surface area contributed by atoms with Crippen LogP contribution in [0.2, 0.25) is 0 Å². The molecule has 0 radical (unpaired) electrons. The van der Waals surface area contributed by atoms with Crippen LogP contribution in [0.15, 0.2) is 20.1 Å². The van der Waals surface area contributed by atoms with Crippen LogP contribution in [0.5, 0.6) is 0 Å². The van der Waals surface area contributed by atoms with Gasteiger partial charge in [0.25, 0.3) is 10.0 Å². The van der Waals surface area contributed by atoms with Gasteiger partial charge in [0.1, 0.15) is 4.21 Å². The fourth-order valence-corrected chi connectivity index (χ4v) is 6.55. The SMILES string of the molecule is Cc1nn(C)c(C)c1CN1CCN(S(=O)(=O)c2ccc(Br)s2)CC1. The normalized spacial score (nSPS) is 17.5. The summed E-state index contributed by atoms with van der Waals surface area (Å²) in [4.78, 5) is 2.30. The standard InChI is InChI=1S/C15H21BrN4O2S2/c1-11-13(12(2)18(3)17-11)10-19-6-8-20(9-7-19)24(21,22)15-5-4-14(16)23-15/h4-5H,6-10H2,1-3H3. The average molecular weight is 433 g/mol. The molecule has 0 atom stereocenters. The lowest BCUT2D eigenvalue weighted by Crippen LogP contribution is -2.48. The van der Waals surface area contributed by atoms with Gasteiger partial charge >= 0.3 is 0 Å². The van der Waals surface area contributed by atoms with Crippen LogP contribution in [0.1, 0.15) is 17.0 Å². The second-order valence-corrected chi connectivity index (χ2v) is 10.6. The Hall–Kier alpha value is -0.740. The number of halogens is 1. The van der Waals surface area contributed by atoms with Crippen LogP contribution >= 0.6 is 27.3 Å². The lowest BCUT2D eigenvalue weighted by molar-refractivity contribution is 0.181. The number of rotatable bonds is 4. The molecule has 6 nitrogen and oxygen atoms in total. The summed E-state index contributed by atoms with van der Waals surface area (Å²) in [5, 5.41) is 4.45. The quantitative estimate of drug-likeness (QED) is 0.743. The molecule has 2 aromatic heterocycles. The molecule has 9 heteroatoms. The van der Waals surface area contributed by atoms with Gasteiger partial charge < -0.3 is 0 Å². The van der Waals surface area contributed by atoms with E-state index in [2.05, 4.69) is 32.9 Å². The van der Waals surface area contributed by atoms with Crippen LogP contribution in [0.25, 0.3) is 0 Å². The minimum Gasteiger partial charge on any atom is -0.296 e. The molecule has 132 valence electrons. The van der Waals surface area contributed by atoms with Crippen LogP contribution in [0.3, 0.4) is 0 Å². The zero-order valence-electron chi connectivity index (χ0n) is 14.0. The Labute approximate surface area is 155 Å². The van der Waals surface area contributed by atoms with Crippen molar-refractivity contribution in [1.82, 2.24) is 19.0 Å². The first kappa shape index (κ1) is 18.1. The molecule has 0 N–H and O–H groups in total. The van der Waals surface area contributed by atoms with Gasteiger partial charge in [0.15, 0.2) is 0 Å². The van der Waals surface area contributed by atoms with Gasteiger partial charge in [0.05, 0.1) is 9.48 Å². The average Bonchev–Trinajstić information content (AvgIpc) is 3.08.